The second-order valence-corrected chi connectivity index (χ2v) is 5.83. The van der Waals surface area contributed by atoms with Crippen LogP contribution in [0.2, 0.25) is 0 Å². The molecule has 0 aliphatic heterocycles. The van der Waals surface area contributed by atoms with E-state index in [9.17, 15) is 13.9 Å². The predicted molar refractivity (Wildman–Crippen MR) is 101 cm³/mol. The number of hydrogen-bond donors (Lipinski definition) is 3. The summed E-state index contributed by atoms with van der Waals surface area (Å²) in [7, 11) is 1.61. The number of benzene rings is 1. The summed E-state index contributed by atoms with van der Waals surface area (Å²) in [5, 5.41) is 16.6. The SMILES string of the molecule is COCCNC(=NCC(O)c1ccc(OC(F)F)cc1)NCCc1ccco1. The molecule has 1 heterocycles. The lowest BCUT2D eigenvalue weighted by Gasteiger charge is -2.14. The molecule has 0 fully saturated rings. The van der Waals surface area contributed by atoms with E-state index in [0.717, 1.165) is 5.76 Å². The van der Waals surface area contributed by atoms with E-state index in [0.29, 0.717) is 37.6 Å². The number of nitrogens with zero attached hydrogens (tertiary/aromatic N) is 1. The van der Waals surface area contributed by atoms with Gasteiger partial charge in [0.25, 0.3) is 0 Å². The third kappa shape index (κ3) is 7.93. The molecule has 1 unspecified atom stereocenters. The molecule has 28 heavy (non-hydrogen) atoms. The summed E-state index contributed by atoms with van der Waals surface area (Å²) in [6.07, 6.45) is 1.42. The molecule has 0 spiro atoms. The van der Waals surface area contributed by atoms with Crippen molar-refractivity contribution >= 4 is 5.96 Å². The number of alkyl halides is 2. The summed E-state index contributed by atoms with van der Waals surface area (Å²) >= 11 is 0. The fourth-order valence-electron chi connectivity index (χ4n) is 2.36. The van der Waals surface area contributed by atoms with Crippen molar-refractivity contribution in [3.05, 3.63) is 54.0 Å². The van der Waals surface area contributed by atoms with Crippen LogP contribution in [0.4, 0.5) is 8.78 Å². The third-order valence-electron chi connectivity index (χ3n) is 3.75. The molecule has 0 amide bonds. The third-order valence-corrected chi connectivity index (χ3v) is 3.75. The lowest BCUT2D eigenvalue weighted by atomic mass is 10.1. The van der Waals surface area contributed by atoms with E-state index in [-0.39, 0.29) is 12.3 Å². The molecule has 2 aromatic rings. The van der Waals surface area contributed by atoms with Crippen LogP contribution in [-0.2, 0) is 11.2 Å². The van der Waals surface area contributed by atoms with E-state index in [4.69, 9.17) is 9.15 Å². The summed E-state index contributed by atoms with van der Waals surface area (Å²) in [4.78, 5) is 4.37. The van der Waals surface area contributed by atoms with Crippen LogP contribution in [0.15, 0.2) is 52.1 Å². The van der Waals surface area contributed by atoms with Crippen molar-refractivity contribution in [1.29, 1.82) is 0 Å². The normalized spacial score (nSPS) is 12.8. The van der Waals surface area contributed by atoms with Gasteiger partial charge in [0.2, 0.25) is 0 Å². The van der Waals surface area contributed by atoms with Crippen LogP contribution >= 0.6 is 0 Å². The number of methoxy groups -OCH3 is 1. The molecule has 3 N–H and O–H groups in total. The Kier molecular flexibility index (Phi) is 9.23. The topological polar surface area (TPSA) is 88.2 Å². The molecular weight excluding hydrogens is 372 g/mol. The summed E-state index contributed by atoms with van der Waals surface area (Å²) in [5.74, 6) is 1.42. The zero-order valence-corrected chi connectivity index (χ0v) is 15.6. The Labute approximate surface area is 162 Å². The van der Waals surface area contributed by atoms with Gasteiger partial charge in [0.1, 0.15) is 11.5 Å². The van der Waals surface area contributed by atoms with E-state index in [1.54, 1.807) is 13.4 Å². The molecule has 1 atom stereocenters. The van der Waals surface area contributed by atoms with Crippen molar-refractivity contribution in [3.63, 3.8) is 0 Å². The average molecular weight is 397 g/mol. The van der Waals surface area contributed by atoms with Crippen molar-refractivity contribution in [2.45, 2.75) is 19.1 Å². The molecule has 1 aromatic carbocycles. The molecule has 0 saturated carbocycles. The second-order valence-electron chi connectivity index (χ2n) is 5.83. The van der Waals surface area contributed by atoms with Crippen LogP contribution < -0.4 is 15.4 Å². The van der Waals surface area contributed by atoms with Gasteiger partial charge < -0.3 is 29.6 Å². The zero-order chi connectivity index (χ0) is 20.2. The Morgan fingerprint density at radius 3 is 2.57 bits per heavy atom. The van der Waals surface area contributed by atoms with Crippen molar-refractivity contribution in [2.75, 3.05) is 33.4 Å². The van der Waals surface area contributed by atoms with E-state index in [2.05, 4.69) is 20.4 Å². The molecular formula is C19H25F2N3O4. The lowest BCUT2D eigenvalue weighted by Crippen LogP contribution is -2.40. The zero-order valence-electron chi connectivity index (χ0n) is 15.6. The Hall–Kier alpha value is -2.65. The van der Waals surface area contributed by atoms with Gasteiger partial charge in [-0.25, -0.2) is 0 Å². The van der Waals surface area contributed by atoms with E-state index in [1.165, 1.54) is 24.3 Å². The summed E-state index contributed by atoms with van der Waals surface area (Å²) in [6.45, 7) is -1.13. The fraction of sp³-hybridized carbons (Fsp3) is 0.421. The average Bonchev–Trinajstić information content (AvgIpc) is 3.19. The first kappa shape index (κ1) is 21.6. The van der Waals surface area contributed by atoms with E-state index >= 15 is 0 Å². The maximum absolute atomic E-state index is 12.2. The Bertz CT molecular complexity index is 694. The Balaban J connectivity index is 1.89. The predicted octanol–water partition coefficient (Wildman–Crippen LogP) is 2.34. The number of guanidine groups is 1. The number of rotatable bonds is 11. The maximum Gasteiger partial charge on any atom is 0.387 e. The van der Waals surface area contributed by atoms with Crippen LogP contribution in [0, 0.1) is 0 Å². The first-order chi connectivity index (χ1) is 13.6. The van der Waals surface area contributed by atoms with Gasteiger partial charge in [-0.05, 0) is 29.8 Å². The van der Waals surface area contributed by atoms with Crippen molar-refractivity contribution in [2.24, 2.45) is 4.99 Å². The second kappa shape index (κ2) is 11.9. The number of halogens is 2. The standard InChI is InChI=1S/C19H25F2N3O4/c1-26-12-10-23-19(22-9-8-15-3-2-11-27-15)24-13-17(25)14-4-6-16(7-5-14)28-18(20)21/h2-7,11,17-18,25H,8-10,12-13H2,1H3,(H2,22,23,24). The lowest BCUT2D eigenvalue weighted by molar-refractivity contribution is -0.0498. The van der Waals surface area contributed by atoms with Crippen LogP contribution in [0.3, 0.4) is 0 Å². The number of hydrogen-bond acceptors (Lipinski definition) is 5. The quantitative estimate of drug-likeness (QED) is 0.306. The van der Waals surface area contributed by atoms with Gasteiger partial charge in [0.15, 0.2) is 5.96 Å². The smallest absolute Gasteiger partial charge is 0.387 e. The first-order valence-electron chi connectivity index (χ1n) is 8.85. The van der Waals surface area contributed by atoms with Gasteiger partial charge in [-0.2, -0.15) is 8.78 Å². The van der Waals surface area contributed by atoms with Crippen molar-refractivity contribution < 1.29 is 27.8 Å². The van der Waals surface area contributed by atoms with Gasteiger partial charge in [-0.3, -0.25) is 4.99 Å². The monoisotopic (exact) mass is 397 g/mol. The van der Waals surface area contributed by atoms with Gasteiger partial charge in [-0.1, -0.05) is 12.1 Å². The molecule has 0 aliphatic rings. The van der Waals surface area contributed by atoms with Gasteiger partial charge in [0, 0.05) is 26.6 Å². The van der Waals surface area contributed by atoms with Gasteiger partial charge >= 0.3 is 6.61 Å². The van der Waals surface area contributed by atoms with Crippen LogP contribution in [0.25, 0.3) is 0 Å². The first-order valence-corrected chi connectivity index (χ1v) is 8.85. The van der Waals surface area contributed by atoms with E-state index < -0.39 is 12.7 Å². The van der Waals surface area contributed by atoms with E-state index in [1.807, 2.05) is 12.1 Å². The number of ether oxygens (including phenoxy) is 2. The highest BCUT2D eigenvalue weighted by Crippen LogP contribution is 2.19. The number of aliphatic hydroxyl groups excluding tert-OH is 1. The molecule has 0 radical (unpaired) electrons. The summed E-state index contributed by atoms with van der Waals surface area (Å²) in [5.41, 5.74) is 0.553. The number of aliphatic hydroxyl groups is 1. The Morgan fingerprint density at radius 2 is 1.93 bits per heavy atom. The van der Waals surface area contributed by atoms with Crippen LogP contribution in [-0.4, -0.2) is 51.0 Å². The fourth-order valence-corrected chi connectivity index (χ4v) is 2.36. The molecule has 1 aromatic heterocycles. The van der Waals surface area contributed by atoms with Crippen LogP contribution in [0.1, 0.15) is 17.4 Å². The minimum absolute atomic E-state index is 0.0379. The molecule has 0 saturated heterocycles. The molecule has 154 valence electrons. The number of aliphatic imine (C=N–C) groups is 1. The van der Waals surface area contributed by atoms with Crippen molar-refractivity contribution in [1.82, 2.24) is 10.6 Å². The molecule has 0 aliphatic carbocycles. The summed E-state index contributed by atoms with van der Waals surface area (Å²) in [6, 6.07) is 9.54. The van der Waals surface area contributed by atoms with Gasteiger partial charge in [-0.15, -0.1) is 0 Å². The number of furan rings is 1. The minimum atomic E-state index is -2.88. The highest BCUT2D eigenvalue weighted by Gasteiger charge is 2.10. The summed E-state index contributed by atoms with van der Waals surface area (Å²) < 4.78 is 39.0. The highest BCUT2D eigenvalue weighted by molar-refractivity contribution is 5.79. The largest absolute Gasteiger partial charge is 0.469 e. The van der Waals surface area contributed by atoms with Crippen molar-refractivity contribution in [3.8, 4) is 5.75 Å². The Morgan fingerprint density at radius 1 is 1.18 bits per heavy atom. The van der Waals surface area contributed by atoms with Gasteiger partial charge in [0.05, 0.1) is 25.5 Å². The molecule has 7 nitrogen and oxygen atoms in total. The minimum Gasteiger partial charge on any atom is -0.469 e. The highest BCUT2D eigenvalue weighted by atomic mass is 19.3. The van der Waals surface area contributed by atoms with Crippen LogP contribution in [0.5, 0.6) is 5.75 Å². The maximum atomic E-state index is 12.2. The molecule has 0 bridgehead atoms. The molecule has 9 heteroatoms. The molecule has 2 rings (SSSR count). The number of nitrogens with one attached hydrogen (secondary N) is 2.